The average molecular weight is 314 g/mol. The summed E-state index contributed by atoms with van der Waals surface area (Å²) >= 11 is 0. The molecule has 1 atom stereocenters. The van der Waals surface area contributed by atoms with Crippen LogP contribution in [-0.4, -0.2) is 49.6 Å². The van der Waals surface area contributed by atoms with Crippen molar-refractivity contribution in [1.82, 2.24) is 4.90 Å². The largest absolute Gasteiger partial charge is 0.480 e. The van der Waals surface area contributed by atoms with Crippen molar-refractivity contribution in [1.29, 1.82) is 0 Å². The summed E-state index contributed by atoms with van der Waals surface area (Å²) in [4.78, 5) is 24.2. The quantitative estimate of drug-likeness (QED) is 0.841. The number of carboxylic acid groups (broad SMARTS) is 1. The number of aliphatic carboxylic acids is 1. The van der Waals surface area contributed by atoms with E-state index in [4.69, 9.17) is 5.11 Å². The van der Waals surface area contributed by atoms with Crippen molar-refractivity contribution in [3.8, 4) is 0 Å². The summed E-state index contributed by atoms with van der Waals surface area (Å²) in [5.41, 5.74) is 1.16. The molecule has 0 radical (unpaired) electrons. The first-order valence-electron chi connectivity index (χ1n) is 6.11. The Hall–Kier alpha value is -2.09. The van der Waals surface area contributed by atoms with Gasteiger partial charge in [-0.15, -0.1) is 0 Å². The molecule has 1 rings (SSSR count). The summed E-state index contributed by atoms with van der Waals surface area (Å²) < 4.78 is 24.9. The summed E-state index contributed by atoms with van der Waals surface area (Å²) in [6.45, 7) is 3.09. The number of hydrogen-bond acceptors (Lipinski definition) is 4. The van der Waals surface area contributed by atoms with E-state index in [-0.39, 0.29) is 5.56 Å². The second-order valence-corrected chi connectivity index (χ2v) is 6.58. The van der Waals surface area contributed by atoms with Gasteiger partial charge in [0.15, 0.2) is 0 Å². The molecular formula is C13H18N2O5S. The number of likely N-dealkylation sites (N-methyl/N-ethyl adjacent to an activating group) is 1. The maximum atomic E-state index is 12.2. The molecule has 0 saturated heterocycles. The van der Waals surface area contributed by atoms with E-state index in [1.165, 1.54) is 26.1 Å². The van der Waals surface area contributed by atoms with Crippen LogP contribution in [0.25, 0.3) is 0 Å². The number of aryl methyl sites for hydroxylation is 1. The SMILES string of the molecule is Cc1ccc(C(=O)N(C)C(C)C(=O)O)cc1NS(C)(=O)=O. The molecule has 21 heavy (non-hydrogen) atoms. The van der Waals surface area contributed by atoms with Crippen molar-refractivity contribution in [2.24, 2.45) is 0 Å². The molecule has 0 spiro atoms. The molecule has 0 fully saturated rings. The van der Waals surface area contributed by atoms with Crippen LogP contribution in [0, 0.1) is 6.92 Å². The van der Waals surface area contributed by atoms with E-state index in [1.54, 1.807) is 13.0 Å². The Labute approximate surface area is 123 Å². The predicted octanol–water partition coefficient (Wildman–Crippen LogP) is 0.912. The molecule has 8 heteroatoms. The zero-order chi connectivity index (χ0) is 16.4. The van der Waals surface area contributed by atoms with Crippen LogP contribution in [0.1, 0.15) is 22.8 Å². The summed E-state index contributed by atoms with van der Waals surface area (Å²) in [6.07, 6.45) is 1.01. The maximum absolute atomic E-state index is 12.2. The zero-order valence-corrected chi connectivity index (χ0v) is 13.1. The maximum Gasteiger partial charge on any atom is 0.326 e. The number of sulfonamides is 1. The molecule has 0 aliphatic heterocycles. The van der Waals surface area contributed by atoms with Gasteiger partial charge in [0.25, 0.3) is 5.91 Å². The number of nitrogens with one attached hydrogen (secondary N) is 1. The van der Waals surface area contributed by atoms with E-state index in [1.807, 2.05) is 0 Å². The van der Waals surface area contributed by atoms with Gasteiger partial charge in [0.1, 0.15) is 6.04 Å². The number of hydrogen-bond donors (Lipinski definition) is 2. The van der Waals surface area contributed by atoms with E-state index in [0.29, 0.717) is 11.3 Å². The lowest BCUT2D eigenvalue weighted by Gasteiger charge is -2.22. The molecule has 1 unspecified atom stereocenters. The Balaban J connectivity index is 3.12. The molecule has 0 bridgehead atoms. The molecule has 0 heterocycles. The summed E-state index contributed by atoms with van der Waals surface area (Å²) in [5, 5.41) is 8.91. The average Bonchev–Trinajstić information content (AvgIpc) is 2.37. The monoisotopic (exact) mass is 314 g/mol. The minimum Gasteiger partial charge on any atom is -0.480 e. The van der Waals surface area contributed by atoms with Gasteiger partial charge in [-0.2, -0.15) is 0 Å². The minimum atomic E-state index is -3.46. The van der Waals surface area contributed by atoms with Crippen molar-refractivity contribution in [3.63, 3.8) is 0 Å². The van der Waals surface area contributed by atoms with E-state index in [9.17, 15) is 18.0 Å². The first kappa shape index (κ1) is 17.0. The third-order valence-electron chi connectivity index (χ3n) is 3.04. The highest BCUT2D eigenvalue weighted by Gasteiger charge is 2.23. The summed E-state index contributed by atoms with van der Waals surface area (Å²) in [7, 11) is -2.08. The minimum absolute atomic E-state index is 0.211. The van der Waals surface area contributed by atoms with Crippen LogP contribution in [0.15, 0.2) is 18.2 Å². The van der Waals surface area contributed by atoms with Crippen LogP contribution in [0.2, 0.25) is 0 Å². The number of carbonyl (C=O) groups excluding carboxylic acids is 1. The molecule has 0 aliphatic carbocycles. The van der Waals surface area contributed by atoms with Crippen molar-refractivity contribution in [2.75, 3.05) is 18.0 Å². The second-order valence-electron chi connectivity index (χ2n) is 4.83. The van der Waals surface area contributed by atoms with Gasteiger partial charge < -0.3 is 10.0 Å². The number of rotatable bonds is 5. The highest BCUT2D eigenvalue weighted by atomic mass is 32.2. The lowest BCUT2D eigenvalue weighted by Crippen LogP contribution is -2.40. The number of nitrogens with zero attached hydrogens (tertiary/aromatic N) is 1. The fourth-order valence-corrected chi connectivity index (χ4v) is 2.23. The van der Waals surface area contributed by atoms with Crippen LogP contribution in [0.5, 0.6) is 0 Å². The van der Waals surface area contributed by atoms with Gasteiger partial charge in [-0.05, 0) is 31.5 Å². The van der Waals surface area contributed by atoms with Crippen molar-refractivity contribution < 1.29 is 23.1 Å². The Morgan fingerprint density at radius 1 is 1.33 bits per heavy atom. The first-order chi connectivity index (χ1) is 9.53. The van der Waals surface area contributed by atoms with E-state index >= 15 is 0 Å². The number of carbonyl (C=O) groups is 2. The molecule has 1 amide bonds. The van der Waals surface area contributed by atoms with Gasteiger partial charge >= 0.3 is 5.97 Å². The van der Waals surface area contributed by atoms with Crippen LogP contribution < -0.4 is 4.72 Å². The van der Waals surface area contributed by atoms with Crippen LogP contribution >= 0.6 is 0 Å². The highest BCUT2D eigenvalue weighted by molar-refractivity contribution is 7.92. The van der Waals surface area contributed by atoms with E-state index in [0.717, 1.165) is 11.2 Å². The molecule has 1 aromatic rings. The van der Waals surface area contributed by atoms with Gasteiger partial charge in [-0.3, -0.25) is 9.52 Å². The molecule has 7 nitrogen and oxygen atoms in total. The van der Waals surface area contributed by atoms with E-state index in [2.05, 4.69) is 4.72 Å². The molecular weight excluding hydrogens is 296 g/mol. The molecule has 1 aromatic carbocycles. The lowest BCUT2D eigenvalue weighted by molar-refractivity contribution is -0.141. The fraction of sp³-hybridized carbons (Fsp3) is 0.385. The van der Waals surface area contributed by atoms with Gasteiger partial charge in [0.05, 0.1) is 11.9 Å². The molecule has 0 aliphatic rings. The number of amides is 1. The van der Waals surface area contributed by atoms with Gasteiger partial charge in [0.2, 0.25) is 10.0 Å². The standard InChI is InChI=1S/C13H18N2O5S/c1-8-5-6-10(7-11(8)14-21(4,19)20)12(16)15(3)9(2)13(17)18/h5-7,9,14H,1-4H3,(H,17,18). The topological polar surface area (TPSA) is 104 Å². The summed E-state index contributed by atoms with van der Waals surface area (Å²) in [5.74, 6) is -1.62. The van der Waals surface area contributed by atoms with Gasteiger partial charge in [-0.1, -0.05) is 6.07 Å². The van der Waals surface area contributed by atoms with Crippen molar-refractivity contribution in [3.05, 3.63) is 29.3 Å². The van der Waals surface area contributed by atoms with Crippen molar-refractivity contribution in [2.45, 2.75) is 19.9 Å². The van der Waals surface area contributed by atoms with Crippen LogP contribution in [-0.2, 0) is 14.8 Å². The van der Waals surface area contributed by atoms with Gasteiger partial charge in [-0.25, -0.2) is 13.2 Å². The lowest BCUT2D eigenvalue weighted by atomic mass is 10.1. The number of carboxylic acids is 1. The Bertz CT molecular complexity index is 669. The predicted molar refractivity (Wildman–Crippen MR) is 78.8 cm³/mol. The molecule has 2 N–H and O–H groups in total. The normalized spacial score (nSPS) is 12.6. The van der Waals surface area contributed by atoms with Crippen LogP contribution in [0.3, 0.4) is 0 Å². The smallest absolute Gasteiger partial charge is 0.326 e. The third-order valence-corrected chi connectivity index (χ3v) is 3.63. The fourth-order valence-electron chi connectivity index (χ4n) is 1.61. The first-order valence-corrected chi connectivity index (χ1v) is 8.00. The molecule has 0 saturated carbocycles. The molecule has 0 aromatic heterocycles. The Kier molecular flexibility index (Phi) is 4.95. The summed E-state index contributed by atoms with van der Waals surface area (Å²) in [6, 6.07) is 3.53. The van der Waals surface area contributed by atoms with Crippen LogP contribution in [0.4, 0.5) is 5.69 Å². The Morgan fingerprint density at radius 2 is 1.90 bits per heavy atom. The molecule has 116 valence electrons. The third kappa shape index (κ3) is 4.45. The number of anilines is 1. The number of benzene rings is 1. The second kappa shape index (κ2) is 6.13. The van der Waals surface area contributed by atoms with Crippen molar-refractivity contribution >= 4 is 27.6 Å². The highest BCUT2D eigenvalue weighted by Crippen LogP contribution is 2.19. The van der Waals surface area contributed by atoms with Gasteiger partial charge in [0, 0.05) is 12.6 Å². The Morgan fingerprint density at radius 3 is 2.38 bits per heavy atom. The zero-order valence-electron chi connectivity index (χ0n) is 12.2. The van der Waals surface area contributed by atoms with E-state index < -0.39 is 27.9 Å².